The topological polar surface area (TPSA) is 63.3 Å². The number of unbranched alkanes of at least 4 members (excludes halogenated alkanes) is 86. The molecule has 0 rings (SSSR count). The Morgan fingerprint density at radius 3 is 0.258 bits per heavy atom. The SMILES string of the molecule is NCCCCCCCCCCCCCCCCCCCCCCCCCCCCCCCCCCCCCCCCCCCCCCCCCCCCCCCCCCCCCCCCCCCCCCCCCCCCCCCCCCCCCCCCCC(=O)O. The van der Waals surface area contributed by atoms with Crippen LogP contribution in [0.25, 0.3) is 0 Å². The van der Waals surface area contributed by atoms with E-state index in [0.717, 1.165) is 19.4 Å². The minimum absolute atomic E-state index is 0.347. The molecule has 0 saturated heterocycles. The normalized spacial score (nSPS) is 11.8. The Labute approximate surface area is 590 Å². The molecular weight excluding hydrogens is 1130 g/mol. The van der Waals surface area contributed by atoms with Crippen molar-refractivity contribution < 1.29 is 9.90 Å². The maximum absolute atomic E-state index is 10.6. The Morgan fingerprint density at radius 1 is 0.129 bits per heavy atom. The van der Waals surface area contributed by atoms with Crippen LogP contribution >= 0.6 is 0 Å². The molecule has 0 aromatic heterocycles. The molecule has 0 unspecified atom stereocenters. The maximum Gasteiger partial charge on any atom is 0.303 e. The number of hydrogen-bond donors (Lipinski definition) is 2. The van der Waals surface area contributed by atoms with E-state index in [1.165, 1.54) is 546 Å². The van der Waals surface area contributed by atoms with Gasteiger partial charge in [-0.15, -0.1) is 0 Å². The number of hydrogen-bond acceptors (Lipinski definition) is 2. The first kappa shape index (κ1) is 92.4. The predicted octanol–water partition coefficient (Wildman–Crippen LogP) is 33.4. The molecule has 0 aliphatic heterocycles. The predicted molar refractivity (Wildman–Crippen MR) is 423 cm³/mol. The summed E-state index contributed by atoms with van der Waals surface area (Å²) in [4.78, 5) is 10.6. The van der Waals surface area contributed by atoms with E-state index in [1.54, 1.807) is 0 Å². The van der Waals surface area contributed by atoms with Crippen LogP contribution in [0, 0.1) is 0 Å². The van der Waals surface area contributed by atoms with E-state index in [9.17, 15) is 4.79 Å². The third kappa shape index (κ3) is 91.4. The Hall–Kier alpha value is -0.570. The molecule has 0 aromatic rings. The fourth-order valence-corrected chi connectivity index (χ4v) is 15.4. The maximum atomic E-state index is 10.6. The van der Waals surface area contributed by atoms with Crippen LogP contribution in [-0.4, -0.2) is 17.6 Å². The zero-order valence-corrected chi connectivity index (χ0v) is 64.9. The highest BCUT2D eigenvalue weighted by molar-refractivity contribution is 5.66. The number of nitrogens with two attached hydrogens (primary N) is 1. The van der Waals surface area contributed by atoms with Crippen LogP contribution in [0.5, 0.6) is 0 Å². The molecule has 0 amide bonds. The van der Waals surface area contributed by atoms with Gasteiger partial charge >= 0.3 is 5.97 Å². The second-order valence-corrected chi connectivity index (χ2v) is 31.7. The lowest BCUT2D eigenvalue weighted by atomic mass is 10.0. The molecule has 3 heteroatoms. The highest BCUT2D eigenvalue weighted by Crippen LogP contribution is 2.23. The molecule has 93 heavy (non-hydrogen) atoms. The summed E-state index contributed by atoms with van der Waals surface area (Å²) in [6, 6.07) is 0. The summed E-state index contributed by atoms with van der Waals surface area (Å²) in [7, 11) is 0. The summed E-state index contributed by atoms with van der Waals surface area (Å²) >= 11 is 0. The monoisotopic (exact) mass is 1310 g/mol. The van der Waals surface area contributed by atoms with E-state index in [4.69, 9.17) is 10.8 Å². The van der Waals surface area contributed by atoms with Gasteiger partial charge in [0.1, 0.15) is 0 Å². The number of carboxylic acid groups (broad SMARTS) is 1. The zero-order valence-electron chi connectivity index (χ0n) is 64.9. The van der Waals surface area contributed by atoms with Crippen molar-refractivity contribution in [3.8, 4) is 0 Å². The standard InChI is InChI=1S/C90H181NO2/c91-89-87-85-83-81-79-77-75-73-71-69-67-65-63-61-59-57-55-53-51-49-47-45-43-41-39-37-35-33-31-29-27-25-23-21-19-17-15-13-11-9-7-5-3-1-2-4-6-8-10-12-14-16-18-20-22-24-26-28-30-32-34-36-38-40-42-44-46-48-50-52-54-56-58-60-62-64-66-68-70-72-74-76-78-80-82-84-86-88-90(92)93/h1-89,91H2,(H,92,93). The molecule has 0 aliphatic carbocycles. The van der Waals surface area contributed by atoms with Gasteiger partial charge < -0.3 is 10.8 Å². The van der Waals surface area contributed by atoms with Crippen molar-refractivity contribution in [1.29, 1.82) is 0 Å². The van der Waals surface area contributed by atoms with Gasteiger partial charge in [-0.05, 0) is 19.4 Å². The lowest BCUT2D eigenvalue weighted by Crippen LogP contribution is -1.97. The summed E-state index contributed by atoms with van der Waals surface area (Å²) in [5.41, 5.74) is 5.58. The molecule has 0 aliphatic rings. The van der Waals surface area contributed by atoms with Crippen molar-refractivity contribution in [3.05, 3.63) is 0 Å². The molecule has 558 valence electrons. The summed E-state index contributed by atoms with van der Waals surface area (Å²) < 4.78 is 0. The van der Waals surface area contributed by atoms with Crippen LogP contribution < -0.4 is 5.73 Å². The van der Waals surface area contributed by atoms with Crippen LogP contribution in [0.2, 0.25) is 0 Å². The number of aliphatic carboxylic acids is 1. The highest BCUT2D eigenvalue weighted by Gasteiger charge is 2.03. The fraction of sp³-hybridized carbons (Fsp3) is 0.989. The first-order valence-corrected chi connectivity index (χ1v) is 45.2. The smallest absolute Gasteiger partial charge is 0.303 e. The molecule has 0 heterocycles. The summed E-state index contributed by atoms with van der Waals surface area (Å²) in [6.45, 7) is 0.874. The molecular formula is C90H181NO2. The molecule has 0 spiro atoms. The van der Waals surface area contributed by atoms with Crippen molar-refractivity contribution in [1.82, 2.24) is 0 Å². The lowest BCUT2D eigenvalue weighted by Gasteiger charge is -2.05. The van der Waals surface area contributed by atoms with Crippen molar-refractivity contribution >= 4 is 5.97 Å². The summed E-state index contributed by atoms with van der Waals surface area (Å²) in [5, 5.41) is 8.70. The fourth-order valence-electron chi connectivity index (χ4n) is 15.4. The molecule has 0 bridgehead atoms. The number of carbonyl (C=O) groups is 1. The van der Waals surface area contributed by atoms with Crippen LogP contribution in [0.3, 0.4) is 0 Å². The number of rotatable bonds is 89. The van der Waals surface area contributed by atoms with Gasteiger partial charge in [-0.3, -0.25) is 4.79 Å². The van der Waals surface area contributed by atoms with E-state index in [0.29, 0.717) is 6.42 Å². The van der Waals surface area contributed by atoms with Gasteiger partial charge in [0.15, 0.2) is 0 Å². The van der Waals surface area contributed by atoms with Gasteiger partial charge in [-0.25, -0.2) is 0 Å². The van der Waals surface area contributed by atoms with E-state index >= 15 is 0 Å². The van der Waals surface area contributed by atoms with Crippen molar-refractivity contribution in [3.63, 3.8) is 0 Å². The molecule has 3 nitrogen and oxygen atoms in total. The summed E-state index contributed by atoms with van der Waals surface area (Å²) in [5.74, 6) is -0.645. The van der Waals surface area contributed by atoms with Crippen LogP contribution in [0.15, 0.2) is 0 Å². The lowest BCUT2D eigenvalue weighted by molar-refractivity contribution is -0.137. The average molecular weight is 1310 g/mol. The Bertz CT molecular complexity index is 1270. The Morgan fingerprint density at radius 2 is 0.194 bits per heavy atom. The minimum Gasteiger partial charge on any atom is -0.481 e. The van der Waals surface area contributed by atoms with Gasteiger partial charge in [-0.2, -0.15) is 0 Å². The third-order valence-corrected chi connectivity index (χ3v) is 22.1. The van der Waals surface area contributed by atoms with E-state index in [1.807, 2.05) is 0 Å². The Balaban J connectivity index is 3.09. The van der Waals surface area contributed by atoms with Gasteiger partial charge in [0.05, 0.1) is 0 Å². The molecule has 0 radical (unpaired) electrons. The molecule has 3 N–H and O–H groups in total. The van der Waals surface area contributed by atoms with Gasteiger partial charge in [0.25, 0.3) is 0 Å². The Kier molecular flexibility index (Phi) is 88.9. The van der Waals surface area contributed by atoms with Crippen molar-refractivity contribution in [2.45, 2.75) is 565 Å². The van der Waals surface area contributed by atoms with Crippen molar-refractivity contribution in [2.75, 3.05) is 6.54 Å². The quantitative estimate of drug-likeness (QED) is 0.0597. The second kappa shape index (κ2) is 89.4. The van der Waals surface area contributed by atoms with Crippen LogP contribution in [0.4, 0.5) is 0 Å². The van der Waals surface area contributed by atoms with Gasteiger partial charge in [0.2, 0.25) is 0 Å². The number of carboxylic acids is 1. The first-order chi connectivity index (χ1) is 46.3. The van der Waals surface area contributed by atoms with E-state index in [-0.39, 0.29) is 0 Å². The molecule has 0 saturated carbocycles. The average Bonchev–Trinajstić information content (AvgIpc) is 3.57. The summed E-state index contributed by atoms with van der Waals surface area (Å²) in [6.07, 6.45) is 127. The zero-order chi connectivity index (χ0) is 66.5. The molecule has 0 atom stereocenters. The van der Waals surface area contributed by atoms with Gasteiger partial charge in [0, 0.05) is 6.42 Å². The van der Waals surface area contributed by atoms with E-state index < -0.39 is 5.97 Å². The van der Waals surface area contributed by atoms with Crippen LogP contribution in [-0.2, 0) is 4.79 Å². The third-order valence-electron chi connectivity index (χ3n) is 22.1. The van der Waals surface area contributed by atoms with Gasteiger partial charge in [-0.1, -0.05) is 546 Å². The van der Waals surface area contributed by atoms with Crippen molar-refractivity contribution in [2.24, 2.45) is 5.73 Å². The minimum atomic E-state index is -0.645. The highest BCUT2D eigenvalue weighted by atomic mass is 16.4. The van der Waals surface area contributed by atoms with E-state index in [2.05, 4.69) is 0 Å². The molecule has 0 fully saturated rings. The second-order valence-electron chi connectivity index (χ2n) is 31.7. The first-order valence-electron chi connectivity index (χ1n) is 45.2. The molecule has 0 aromatic carbocycles. The largest absolute Gasteiger partial charge is 0.481 e. The van der Waals surface area contributed by atoms with Crippen LogP contribution in [0.1, 0.15) is 565 Å².